The number of hydrogen-bond donors (Lipinski definition) is 1. The van der Waals surface area contributed by atoms with Crippen molar-refractivity contribution < 1.29 is 13.5 Å². The molecule has 1 aromatic heterocycles. The number of nitrogens with one attached hydrogen (secondary N) is 1. The van der Waals surface area contributed by atoms with Gasteiger partial charge in [0.1, 0.15) is 29.7 Å². The number of halogens is 1. The van der Waals surface area contributed by atoms with Crippen molar-refractivity contribution in [2.24, 2.45) is 0 Å². The molecule has 2 rings (SSSR count). The van der Waals surface area contributed by atoms with Crippen molar-refractivity contribution in [3.63, 3.8) is 0 Å². The molecule has 0 saturated heterocycles. The lowest BCUT2D eigenvalue weighted by atomic mass is 10.2. The first-order chi connectivity index (χ1) is 8.69. The van der Waals surface area contributed by atoms with Gasteiger partial charge in [0.05, 0.1) is 0 Å². The molecule has 0 fully saturated rings. The summed E-state index contributed by atoms with van der Waals surface area (Å²) in [7, 11) is 1.88. The van der Waals surface area contributed by atoms with Crippen LogP contribution in [0.3, 0.4) is 0 Å². The summed E-state index contributed by atoms with van der Waals surface area (Å²) in [5.74, 6) is 1.81. The third-order valence-electron chi connectivity index (χ3n) is 2.62. The monoisotopic (exact) mass is 249 g/mol. The van der Waals surface area contributed by atoms with Gasteiger partial charge in [0.25, 0.3) is 0 Å². The first-order valence-corrected chi connectivity index (χ1v) is 5.80. The Balaban J connectivity index is 2.00. The van der Waals surface area contributed by atoms with Gasteiger partial charge in [-0.05, 0) is 32.2 Å². The molecule has 1 heterocycles. The molecule has 0 amide bonds. The number of ether oxygens (including phenoxy) is 1. The van der Waals surface area contributed by atoms with Crippen LogP contribution in [0.4, 0.5) is 4.39 Å². The van der Waals surface area contributed by atoms with E-state index in [2.05, 4.69) is 5.32 Å². The van der Waals surface area contributed by atoms with Crippen LogP contribution < -0.4 is 10.1 Å². The van der Waals surface area contributed by atoms with Gasteiger partial charge in [0, 0.05) is 18.2 Å². The molecular formula is C14H16FNO2. The Hall–Kier alpha value is -1.81. The van der Waals surface area contributed by atoms with E-state index in [1.165, 1.54) is 12.1 Å². The molecule has 1 aromatic carbocycles. The van der Waals surface area contributed by atoms with Crippen LogP contribution in [0.15, 0.2) is 34.7 Å². The fourth-order valence-electron chi connectivity index (χ4n) is 1.74. The molecule has 0 saturated carbocycles. The molecular weight excluding hydrogens is 233 g/mol. The number of aryl methyl sites for hydroxylation is 1. The van der Waals surface area contributed by atoms with Crippen LogP contribution in [0.1, 0.15) is 17.1 Å². The summed E-state index contributed by atoms with van der Waals surface area (Å²) in [5.41, 5.74) is 1.11. The minimum absolute atomic E-state index is 0.300. The summed E-state index contributed by atoms with van der Waals surface area (Å²) in [6.45, 7) is 2.97. The van der Waals surface area contributed by atoms with Crippen molar-refractivity contribution >= 4 is 0 Å². The Morgan fingerprint density at radius 1 is 1.33 bits per heavy atom. The lowest BCUT2D eigenvalue weighted by Crippen LogP contribution is -2.04. The van der Waals surface area contributed by atoms with Crippen LogP contribution in [0.25, 0.3) is 0 Å². The lowest BCUT2D eigenvalue weighted by Gasteiger charge is -2.03. The Morgan fingerprint density at radius 3 is 2.89 bits per heavy atom. The summed E-state index contributed by atoms with van der Waals surface area (Å²) in [6, 6.07) is 8.02. The summed E-state index contributed by atoms with van der Waals surface area (Å²) in [4.78, 5) is 0. The van der Waals surface area contributed by atoms with E-state index in [1.54, 1.807) is 12.1 Å². The molecule has 3 nitrogen and oxygen atoms in total. The van der Waals surface area contributed by atoms with Gasteiger partial charge in [-0.2, -0.15) is 0 Å². The van der Waals surface area contributed by atoms with E-state index >= 15 is 0 Å². The molecule has 0 aliphatic carbocycles. The lowest BCUT2D eigenvalue weighted by molar-refractivity contribution is 0.266. The molecule has 2 aromatic rings. The molecule has 0 atom stereocenters. The van der Waals surface area contributed by atoms with Crippen LogP contribution in [-0.2, 0) is 13.2 Å². The van der Waals surface area contributed by atoms with Gasteiger partial charge in [-0.1, -0.05) is 6.07 Å². The zero-order valence-corrected chi connectivity index (χ0v) is 10.5. The van der Waals surface area contributed by atoms with Crippen LogP contribution in [0.2, 0.25) is 0 Å². The Morgan fingerprint density at radius 2 is 2.17 bits per heavy atom. The maximum Gasteiger partial charge on any atom is 0.146 e. The molecule has 18 heavy (non-hydrogen) atoms. The van der Waals surface area contributed by atoms with Crippen LogP contribution in [0, 0.1) is 12.7 Å². The Kier molecular flexibility index (Phi) is 3.99. The van der Waals surface area contributed by atoms with Crippen molar-refractivity contribution in [2.75, 3.05) is 7.05 Å². The van der Waals surface area contributed by atoms with Crippen molar-refractivity contribution in [3.05, 3.63) is 53.2 Å². The number of hydrogen-bond acceptors (Lipinski definition) is 3. The van der Waals surface area contributed by atoms with Gasteiger partial charge in [-0.25, -0.2) is 4.39 Å². The topological polar surface area (TPSA) is 34.4 Å². The Bertz CT molecular complexity index is 522. The zero-order valence-electron chi connectivity index (χ0n) is 10.5. The molecule has 0 unspecified atom stereocenters. The Labute approximate surface area is 106 Å². The highest BCUT2D eigenvalue weighted by molar-refractivity contribution is 5.24. The largest absolute Gasteiger partial charge is 0.486 e. The first-order valence-electron chi connectivity index (χ1n) is 5.80. The molecule has 0 radical (unpaired) electrons. The maximum absolute atomic E-state index is 12.9. The van der Waals surface area contributed by atoms with Crippen molar-refractivity contribution in [1.29, 1.82) is 0 Å². The molecule has 0 bridgehead atoms. The molecule has 1 N–H and O–H groups in total. The van der Waals surface area contributed by atoms with Crippen molar-refractivity contribution in [3.8, 4) is 5.75 Å². The molecule has 96 valence electrons. The summed E-state index contributed by atoms with van der Waals surface area (Å²) < 4.78 is 24.0. The highest BCUT2D eigenvalue weighted by Gasteiger charge is 2.07. The molecule has 0 spiro atoms. The van der Waals surface area contributed by atoms with E-state index in [9.17, 15) is 4.39 Å². The quantitative estimate of drug-likeness (QED) is 0.884. The van der Waals surface area contributed by atoms with Gasteiger partial charge >= 0.3 is 0 Å². The third kappa shape index (κ3) is 3.11. The smallest absolute Gasteiger partial charge is 0.146 e. The van der Waals surface area contributed by atoms with E-state index in [4.69, 9.17) is 9.15 Å². The number of benzene rings is 1. The van der Waals surface area contributed by atoms with Crippen molar-refractivity contribution in [2.45, 2.75) is 20.1 Å². The minimum atomic E-state index is -0.306. The van der Waals surface area contributed by atoms with Crippen LogP contribution in [0.5, 0.6) is 5.75 Å². The molecule has 0 aliphatic heterocycles. The molecule has 4 heteroatoms. The van der Waals surface area contributed by atoms with Gasteiger partial charge in [0.2, 0.25) is 0 Å². The third-order valence-corrected chi connectivity index (χ3v) is 2.62. The van der Waals surface area contributed by atoms with Gasteiger partial charge < -0.3 is 14.5 Å². The number of rotatable bonds is 5. The highest BCUT2D eigenvalue weighted by atomic mass is 19.1. The second-order valence-electron chi connectivity index (χ2n) is 4.07. The minimum Gasteiger partial charge on any atom is -0.486 e. The van der Waals surface area contributed by atoms with E-state index in [0.717, 1.165) is 23.6 Å². The summed E-state index contributed by atoms with van der Waals surface area (Å²) in [6.07, 6.45) is 0. The predicted molar refractivity (Wildman–Crippen MR) is 66.9 cm³/mol. The van der Waals surface area contributed by atoms with Crippen LogP contribution >= 0.6 is 0 Å². The molecule has 0 aliphatic rings. The van der Waals surface area contributed by atoms with Crippen molar-refractivity contribution in [1.82, 2.24) is 5.32 Å². The average molecular weight is 249 g/mol. The van der Waals surface area contributed by atoms with Crippen LogP contribution in [-0.4, -0.2) is 7.05 Å². The summed E-state index contributed by atoms with van der Waals surface area (Å²) >= 11 is 0. The second kappa shape index (κ2) is 5.69. The number of furan rings is 1. The summed E-state index contributed by atoms with van der Waals surface area (Å²) in [5, 5.41) is 3.07. The average Bonchev–Trinajstić information content (AvgIpc) is 2.69. The maximum atomic E-state index is 12.9. The van der Waals surface area contributed by atoms with E-state index in [0.29, 0.717) is 12.4 Å². The normalized spacial score (nSPS) is 10.6. The SMILES string of the molecule is CNCc1cc(COc2cccc(F)c2)oc1C. The standard InChI is InChI=1S/C14H16FNO2/c1-10-11(8-16-2)6-14(18-10)9-17-13-5-3-4-12(15)7-13/h3-7,16H,8-9H2,1-2H3. The second-order valence-corrected chi connectivity index (χ2v) is 4.07. The van der Waals surface area contributed by atoms with E-state index < -0.39 is 0 Å². The van der Waals surface area contributed by atoms with Gasteiger partial charge in [-0.15, -0.1) is 0 Å². The van der Waals surface area contributed by atoms with E-state index in [-0.39, 0.29) is 5.82 Å². The first kappa shape index (κ1) is 12.6. The van der Waals surface area contributed by atoms with Gasteiger partial charge in [-0.3, -0.25) is 0 Å². The zero-order chi connectivity index (χ0) is 13.0. The fourth-order valence-corrected chi connectivity index (χ4v) is 1.74. The highest BCUT2D eigenvalue weighted by Crippen LogP contribution is 2.18. The van der Waals surface area contributed by atoms with E-state index in [1.807, 2.05) is 20.0 Å². The van der Waals surface area contributed by atoms with Gasteiger partial charge in [0.15, 0.2) is 0 Å². The predicted octanol–water partition coefficient (Wildman–Crippen LogP) is 3.03. The fraction of sp³-hybridized carbons (Fsp3) is 0.286.